The summed E-state index contributed by atoms with van der Waals surface area (Å²) < 4.78 is 16.9. The number of carbonyl (C=O) groups is 1. The summed E-state index contributed by atoms with van der Waals surface area (Å²) in [4.78, 5) is 12.0. The molecule has 206 valence electrons. The quantitative estimate of drug-likeness (QED) is 0.219. The van der Waals surface area contributed by atoms with Gasteiger partial charge in [-0.2, -0.15) is 0 Å². The average molecular weight is 531 g/mol. The van der Waals surface area contributed by atoms with E-state index in [1.54, 1.807) is 0 Å². The Hall–Kier alpha value is -2.07. The van der Waals surface area contributed by atoms with Gasteiger partial charge in [0.05, 0.1) is 33.0 Å². The number of benzene rings is 2. The van der Waals surface area contributed by atoms with Crippen LogP contribution in [0.3, 0.4) is 0 Å². The van der Waals surface area contributed by atoms with E-state index in [1.165, 1.54) is 0 Å². The van der Waals surface area contributed by atoms with E-state index in [0.717, 1.165) is 40.7 Å². The van der Waals surface area contributed by atoms with Gasteiger partial charge in [-0.25, -0.2) is 0 Å². The Labute approximate surface area is 223 Å². The summed E-state index contributed by atoms with van der Waals surface area (Å²) in [6.45, 7) is 14.2. The number of rotatable bonds is 16. The summed E-state index contributed by atoms with van der Waals surface area (Å²) in [5.74, 6) is -0.140. The third kappa shape index (κ3) is 10.7. The summed E-state index contributed by atoms with van der Waals surface area (Å²) in [6.07, 6.45) is 1.57. The van der Waals surface area contributed by atoms with Crippen molar-refractivity contribution < 1.29 is 23.8 Å². The maximum atomic E-state index is 12.0. The molecule has 0 aliphatic carbocycles. The highest BCUT2D eigenvalue weighted by atomic mass is 28.4. The minimum atomic E-state index is -1.80. The zero-order valence-electron chi connectivity index (χ0n) is 23.3. The lowest BCUT2D eigenvalue weighted by molar-refractivity contribution is -0.126. The highest BCUT2D eigenvalue weighted by Gasteiger charge is 2.37. The van der Waals surface area contributed by atoms with Gasteiger partial charge in [-0.3, -0.25) is 4.79 Å². The molecule has 0 radical (unpaired) electrons. The van der Waals surface area contributed by atoms with Crippen LogP contribution in [0.5, 0.6) is 0 Å². The van der Waals surface area contributed by atoms with E-state index < -0.39 is 8.32 Å². The molecule has 7 nitrogen and oxygen atoms in total. The summed E-state index contributed by atoms with van der Waals surface area (Å²) in [5.41, 5.74) is 10.8. The van der Waals surface area contributed by atoms with E-state index in [-0.39, 0.29) is 24.2 Å². The highest BCUT2D eigenvalue weighted by molar-refractivity contribution is 6.74. The molecule has 0 fully saturated rings. The van der Waals surface area contributed by atoms with Crippen molar-refractivity contribution >= 4 is 14.2 Å². The van der Waals surface area contributed by atoms with Gasteiger partial charge in [0, 0.05) is 13.1 Å². The Morgan fingerprint density at radius 2 is 1.68 bits per heavy atom. The van der Waals surface area contributed by atoms with Crippen LogP contribution in [0.2, 0.25) is 18.1 Å². The maximum Gasteiger partial charge on any atom is 0.245 e. The van der Waals surface area contributed by atoms with Gasteiger partial charge in [-0.05, 0) is 58.8 Å². The predicted octanol–water partition coefficient (Wildman–Crippen LogP) is 4.41. The van der Waals surface area contributed by atoms with Crippen LogP contribution in [0.1, 0.15) is 43.9 Å². The van der Waals surface area contributed by atoms with E-state index >= 15 is 0 Å². The highest BCUT2D eigenvalue weighted by Crippen LogP contribution is 2.37. The third-order valence-electron chi connectivity index (χ3n) is 6.84. The Kier molecular flexibility index (Phi) is 12.9. The monoisotopic (exact) mass is 530 g/mol. The molecule has 0 unspecified atom stereocenters. The van der Waals surface area contributed by atoms with Crippen molar-refractivity contribution in [2.24, 2.45) is 5.73 Å². The van der Waals surface area contributed by atoms with Gasteiger partial charge in [-0.15, -0.1) is 0 Å². The van der Waals surface area contributed by atoms with Crippen LogP contribution in [0.25, 0.3) is 11.1 Å². The molecule has 0 aliphatic heterocycles. The molecule has 2 rings (SSSR count). The Bertz CT molecular complexity index is 958. The van der Waals surface area contributed by atoms with Crippen LogP contribution in [0, 0.1) is 0 Å². The number of aliphatic hydroxyl groups excluding tert-OH is 1. The van der Waals surface area contributed by atoms with Gasteiger partial charge in [0.25, 0.3) is 0 Å². The number of aryl methyl sites for hydroxylation is 1. The van der Waals surface area contributed by atoms with Crippen molar-refractivity contribution in [2.45, 2.75) is 65.0 Å². The van der Waals surface area contributed by atoms with Crippen molar-refractivity contribution in [2.75, 3.05) is 39.5 Å². The minimum absolute atomic E-state index is 0.0000766. The zero-order chi connectivity index (χ0) is 27.3. The third-order valence-corrected chi connectivity index (χ3v) is 11.3. The Morgan fingerprint density at radius 3 is 2.32 bits per heavy atom. The molecule has 0 heterocycles. The van der Waals surface area contributed by atoms with E-state index in [0.29, 0.717) is 39.5 Å². The number of nitrogens with two attached hydrogens (primary N) is 1. The summed E-state index contributed by atoms with van der Waals surface area (Å²) >= 11 is 0. The molecule has 4 N–H and O–H groups in total. The van der Waals surface area contributed by atoms with Crippen LogP contribution in [-0.4, -0.2) is 58.8 Å². The molecule has 0 atom stereocenters. The molecule has 0 spiro atoms. The molecule has 8 heteroatoms. The van der Waals surface area contributed by atoms with E-state index in [2.05, 4.69) is 75.6 Å². The van der Waals surface area contributed by atoms with Crippen LogP contribution < -0.4 is 11.1 Å². The van der Waals surface area contributed by atoms with Gasteiger partial charge in [-0.1, -0.05) is 63.2 Å². The number of hydrogen-bond donors (Lipinski definition) is 3. The zero-order valence-corrected chi connectivity index (χ0v) is 24.3. The van der Waals surface area contributed by atoms with E-state index in [4.69, 9.17) is 19.6 Å². The maximum absolute atomic E-state index is 12.0. The van der Waals surface area contributed by atoms with Crippen LogP contribution in [-0.2, 0) is 38.3 Å². The summed E-state index contributed by atoms with van der Waals surface area (Å²) in [6, 6.07) is 14.6. The van der Waals surface area contributed by atoms with Crippen molar-refractivity contribution in [3.05, 3.63) is 59.2 Å². The molecule has 2 aromatic rings. The van der Waals surface area contributed by atoms with Gasteiger partial charge in [0.2, 0.25) is 5.91 Å². The molecular weight excluding hydrogens is 484 g/mol. The number of nitrogens with one attached hydrogen (secondary N) is 1. The van der Waals surface area contributed by atoms with E-state index in [9.17, 15) is 9.90 Å². The topological polar surface area (TPSA) is 103 Å². The SMILES string of the molecule is CC(C)(C)[Si](C)(C)OCc1ccc(-c2ccc(CO)cc2CCCNC(=O)COCCOCCN)cc1. The van der Waals surface area contributed by atoms with Gasteiger partial charge in [0.15, 0.2) is 8.32 Å². The first-order chi connectivity index (χ1) is 17.6. The molecular formula is C29H46N2O5Si. The fourth-order valence-electron chi connectivity index (χ4n) is 3.52. The lowest BCUT2D eigenvalue weighted by Gasteiger charge is -2.36. The van der Waals surface area contributed by atoms with Crippen LogP contribution in [0.15, 0.2) is 42.5 Å². The average Bonchev–Trinajstić information content (AvgIpc) is 2.87. The van der Waals surface area contributed by atoms with Gasteiger partial charge in [0.1, 0.15) is 6.61 Å². The molecule has 37 heavy (non-hydrogen) atoms. The number of hydrogen-bond acceptors (Lipinski definition) is 6. The summed E-state index contributed by atoms with van der Waals surface area (Å²) in [5, 5.41) is 12.7. The van der Waals surface area contributed by atoms with Crippen LogP contribution in [0.4, 0.5) is 0 Å². The summed E-state index contributed by atoms with van der Waals surface area (Å²) in [7, 11) is -1.80. The second-order valence-corrected chi connectivity index (χ2v) is 15.6. The lowest BCUT2D eigenvalue weighted by Crippen LogP contribution is -2.40. The van der Waals surface area contributed by atoms with Crippen LogP contribution >= 0.6 is 0 Å². The van der Waals surface area contributed by atoms with Crippen molar-refractivity contribution in [1.29, 1.82) is 0 Å². The predicted molar refractivity (Wildman–Crippen MR) is 152 cm³/mol. The number of aliphatic hydroxyl groups is 1. The smallest absolute Gasteiger partial charge is 0.245 e. The second kappa shape index (κ2) is 15.4. The van der Waals surface area contributed by atoms with Gasteiger partial charge >= 0.3 is 0 Å². The minimum Gasteiger partial charge on any atom is -0.413 e. The molecule has 0 aliphatic rings. The van der Waals surface area contributed by atoms with E-state index in [1.807, 2.05) is 6.07 Å². The fourth-order valence-corrected chi connectivity index (χ4v) is 4.48. The number of amides is 1. The lowest BCUT2D eigenvalue weighted by atomic mass is 9.94. The first kappa shape index (κ1) is 31.1. The van der Waals surface area contributed by atoms with Crippen molar-refractivity contribution in [1.82, 2.24) is 5.32 Å². The first-order valence-corrected chi connectivity index (χ1v) is 16.1. The Balaban J connectivity index is 1.91. The molecule has 0 saturated heterocycles. The fraction of sp³-hybridized carbons (Fsp3) is 0.552. The molecule has 2 aromatic carbocycles. The Morgan fingerprint density at radius 1 is 1.00 bits per heavy atom. The number of ether oxygens (including phenoxy) is 2. The normalized spacial score (nSPS) is 12.1. The van der Waals surface area contributed by atoms with Crippen molar-refractivity contribution in [3.63, 3.8) is 0 Å². The molecule has 0 bridgehead atoms. The second-order valence-electron chi connectivity index (χ2n) is 10.8. The molecule has 1 amide bonds. The number of carbonyl (C=O) groups excluding carboxylic acids is 1. The first-order valence-electron chi connectivity index (χ1n) is 13.2. The molecule has 0 aromatic heterocycles. The standard InChI is InChI=1S/C29H46N2O5Si/c1-29(2,3)37(4,5)36-21-23-8-11-25(12-9-23)27-13-10-24(20-32)19-26(27)7-6-15-31-28(33)22-35-18-17-34-16-14-30/h8-13,19,32H,6-7,14-18,20-22,30H2,1-5H3,(H,31,33). The molecule has 0 saturated carbocycles. The van der Waals surface area contributed by atoms with Gasteiger partial charge < -0.3 is 30.1 Å². The van der Waals surface area contributed by atoms with Crippen molar-refractivity contribution in [3.8, 4) is 11.1 Å². The largest absolute Gasteiger partial charge is 0.413 e.